The van der Waals surface area contributed by atoms with E-state index in [0.717, 1.165) is 19.3 Å². The van der Waals surface area contributed by atoms with Gasteiger partial charge in [0.05, 0.1) is 23.1 Å². The van der Waals surface area contributed by atoms with Crippen molar-refractivity contribution in [2.75, 3.05) is 0 Å². The molecular weight excluding hydrogens is 480 g/mol. The highest BCUT2D eigenvalue weighted by molar-refractivity contribution is 9.11. The molecule has 3 aliphatic rings. The van der Waals surface area contributed by atoms with Crippen molar-refractivity contribution < 1.29 is 14.6 Å². The van der Waals surface area contributed by atoms with Gasteiger partial charge in [-0.3, -0.25) is 0 Å². The fourth-order valence-corrected chi connectivity index (χ4v) is 6.35. The fourth-order valence-electron chi connectivity index (χ4n) is 3.96. The lowest BCUT2D eigenvalue weighted by molar-refractivity contribution is -0.232. The predicted octanol–water partition coefficient (Wildman–Crippen LogP) is 4.52. The molecule has 1 saturated carbocycles. The number of aliphatic hydroxyl groups is 1. The SMILES string of the molecule is C=CBr.C=C[C@H]1C[C@@H]2OC3(O)C([C@H](CC)[C@@H](Br)C[C@H]3Br)[C@@H]2O1. The van der Waals surface area contributed by atoms with Gasteiger partial charge < -0.3 is 14.6 Å². The number of halogens is 3. The molecule has 0 aromatic heterocycles. The molecule has 3 rings (SSSR count). The molecule has 3 nitrogen and oxygen atoms in total. The summed E-state index contributed by atoms with van der Waals surface area (Å²) in [6.45, 7) is 9.24. The van der Waals surface area contributed by atoms with Crippen molar-refractivity contribution in [3.63, 3.8) is 0 Å². The van der Waals surface area contributed by atoms with Crippen LogP contribution >= 0.6 is 47.8 Å². The third-order valence-electron chi connectivity index (χ3n) is 4.88. The first-order valence-corrected chi connectivity index (χ1v) is 10.3. The smallest absolute Gasteiger partial charge is 0.184 e. The van der Waals surface area contributed by atoms with E-state index in [9.17, 15) is 5.11 Å². The molecule has 0 aromatic rings. The van der Waals surface area contributed by atoms with Gasteiger partial charge in [0.1, 0.15) is 0 Å². The summed E-state index contributed by atoms with van der Waals surface area (Å²) in [7, 11) is 0. The zero-order valence-electron chi connectivity index (χ0n) is 12.6. The van der Waals surface area contributed by atoms with Crippen LogP contribution in [-0.2, 0) is 9.47 Å². The highest BCUT2D eigenvalue weighted by Gasteiger charge is 2.65. The highest BCUT2D eigenvalue weighted by atomic mass is 79.9. The normalized spacial score (nSPS) is 49.6. The van der Waals surface area contributed by atoms with Crippen LogP contribution in [0.25, 0.3) is 0 Å². The maximum atomic E-state index is 11.0. The first-order valence-electron chi connectivity index (χ1n) is 7.60. The Bertz CT molecular complexity index is 419. The van der Waals surface area contributed by atoms with E-state index in [4.69, 9.17) is 9.47 Å². The van der Waals surface area contributed by atoms with Gasteiger partial charge in [0.25, 0.3) is 0 Å². The molecule has 8 atom stereocenters. The molecule has 0 spiro atoms. The Morgan fingerprint density at radius 1 is 1.32 bits per heavy atom. The summed E-state index contributed by atoms with van der Waals surface area (Å²) in [5.74, 6) is -0.695. The van der Waals surface area contributed by atoms with E-state index in [-0.39, 0.29) is 29.1 Å². The van der Waals surface area contributed by atoms with Crippen molar-refractivity contribution in [3.05, 3.63) is 24.2 Å². The Morgan fingerprint density at radius 3 is 2.50 bits per heavy atom. The van der Waals surface area contributed by atoms with Crippen LogP contribution in [0.2, 0.25) is 0 Å². The summed E-state index contributed by atoms with van der Waals surface area (Å²) < 4.78 is 12.1. The van der Waals surface area contributed by atoms with Crippen LogP contribution < -0.4 is 0 Å². The fraction of sp³-hybridized carbons (Fsp3) is 0.750. The first-order chi connectivity index (χ1) is 10.4. The van der Waals surface area contributed by atoms with Gasteiger partial charge in [-0.15, -0.1) is 6.58 Å². The number of hydrogen-bond acceptors (Lipinski definition) is 3. The molecule has 3 fully saturated rings. The van der Waals surface area contributed by atoms with Gasteiger partial charge in [0.2, 0.25) is 0 Å². The summed E-state index contributed by atoms with van der Waals surface area (Å²) >= 11 is 10.3. The molecule has 2 aliphatic heterocycles. The molecule has 0 aromatic carbocycles. The van der Waals surface area contributed by atoms with E-state index >= 15 is 0 Å². The van der Waals surface area contributed by atoms with Gasteiger partial charge in [-0.05, 0) is 17.3 Å². The minimum atomic E-state index is -1.09. The summed E-state index contributed by atoms with van der Waals surface area (Å²) in [6.07, 6.45) is 4.55. The van der Waals surface area contributed by atoms with E-state index in [1.54, 1.807) is 4.99 Å². The standard InChI is InChI=1S/C14H20Br2O3.C2H3Br/c1-3-7-5-10-13(18-7)12-8(4-2)9(15)6-11(16)14(12,17)19-10;1-2-3/h3,7-13,17H,1,4-6H2,2H3;2H,1H2/t7-,8+,9-,10-,11+,12?,13+,14?;/m0./s1. The van der Waals surface area contributed by atoms with Crippen molar-refractivity contribution in [2.45, 2.75) is 59.9 Å². The summed E-state index contributed by atoms with van der Waals surface area (Å²) in [6, 6.07) is 0. The van der Waals surface area contributed by atoms with E-state index in [0.29, 0.717) is 10.7 Å². The maximum Gasteiger partial charge on any atom is 0.184 e. The minimum Gasteiger partial charge on any atom is -0.368 e. The van der Waals surface area contributed by atoms with Crippen LogP contribution in [0.3, 0.4) is 0 Å². The molecule has 0 bridgehead atoms. The lowest BCUT2D eigenvalue weighted by Crippen LogP contribution is -2.56. The Balaban J connectivity index is 0.000000545. The highest BCUT2D eigenvalue weighted by Crippen LogP contribution is 2.56. The molecule has 6 heteroatoms. The Labute approximate surface area is 157 Å². The van der Waals surface area contributed by atoms with Crippen molar-refractivity contribution in [2.24, 2.45) is 11.8 Å². The summed E-state index contributed by atoms with van der Waals surface area (Å²) in [5.41, 5.74) is 0. The predicted molar refractivity (Wildman–Crippen MR) is 99.7 cm³/mol. The van der Waals surface area contributed by atoms with Gasteiger partial charge in [0.15, 0.2) is 5.79 Å². The Morgan fingerprint density at radius 2 is 1.95 bits per heavy atom. The second kappa shape index (κ2) is 7.79. The topological polar surface area (TPSA) is 38.7 Å². The van der Waals surface area contributed by atoms with E-state index in [1.165, 1.54) is 0 Å². The lowest BCUT2D eigenvalue weighted by atomic mass is 9.71. The monoisotopic (exact) mass is 500 g/mol. The van der Waals surface area contributed by atoms with Crippen LogP contribution in [0.1, 0.15) is 26.2 Å². The van der Waals surface area contributed by atoms with Crippen LogP contribution in [0.5, 0.6) is 0 Å². The van der Waals surface area contributed by atoms with Crippen LogP contribution in [0, 0.1) is 11.8 Å². The van der Waals surface area contributed by atoms with E-state index in [1.807, 2.05) is 6.08 Å². The zero-order valence-corrected chi connectivity index (χ0v) is 17.4. The van der Waals surface area contributed by atoms with Gasteiger partial charge >= 0.3 is 0 Å². The van der Waals surface area contributed by atoms with E-state index in [2.05, 4.69) is 67.9 Å². The average Bonchev–Trinajstić information content (AvgIpc) is 2.97. The Kier molecular flexibility index (Phi) is 6.77. The molecule has 2 heterocycles. The van der Waals surface area contributed by atoms with Gasteiger partial charge in [-0.2, -0.15) is 0 Å². The molecule has 2 saturated heterocycles. The molecule has 1 aliphatic carbocycles. The quantitative estimate of drug-likeness (QED) is 0.446. The Hall–Kier alpha value is 0.800. The minimum absolute atomic E-state index is 0.00935. The average molecular weight is 503 g/mol. The maximum absolute atomic E-state index is 11.0. The number of ether oxygens (including phenoxy) is 2. The van der Waals surface area contributed by atoms with Crippen molar-refractivity contribution >= 4 is 47.8 Å². The van der Waals surface area contributed by atoms with Gasteiger partial charge in [-0.1, -0.05) is 73.8 Å². The lowest BCUT2D eigenvalue weighted by Gasteiger charge is -2.46. The number of fused-ring (bicyclic) bond motifs is 3. The molecule has 0 amide bonds. The van der Waals surface area contributed by atoms with Crippen molar-refractivity contribution in [3.8, 4) is 0 Å². The molecule has 126 valence electrons. The second-order valence-corrected chi connectivity index (χ2v) is 8.92. The molecule has 0 radical (unpaired) electrons. The number of hydrogen-bond donors (Lipinski definition) is 1. The van der Waals surface area contributed by atoms with Crippen LogP contribution in [0.4, 0.5) is 0 Å². The molecular formula is C16H23Br3O3. The zero-order chi connectivity index (χ0) is 16.5. The van der Waals surface area contributed by atoms with Crippen LogP contribution in [-0.4, -0.2) is 38.9 Å². The number of rotatable bonds is 2. The first kappa shape index (κ1) is 19.1. The summed E-state index contributed by atoms with van der Waals surface area (Å²) in [5, 5.41) is 11.0. The van der Waals surface area contributed by atoms with Crippen molar-refractivity contribution in [1.82, 2.24) is 0 Å². The van der Waals surface area contributed by atoms with Crippen molar-refractivity contribution in [1.29, 1.82) is 0 Å². The molecule has 2 unspecified atom stereocenters. The van der Waals surface area contributed by atoms with Crippen LogP contribution in [0.15, 0.2) is 24.2 Å². The second-order valence-electron chi connectivity index (χ2n) is 5.99. The summed E-state index contributed by atoms with van der Waals surface area (Å²) in [4.78, 5) is 1.90. The number of alkyl halides is 2. The third kappa shape index (κ3) is 3.29. The van der Waals surface area contributed by atoms with E-state index < -0.39 is 5.79 Å². The van der Waals surface area contributed by atoms with Gasteiger partial charge in [-0.25, -0.2) is 0 Å². The third-order valence-corrected chi connectivity index (χ3v) is 6.96. The molecule has 22 heavy (non-hydrogen) atoms. The largest absolute Gasteiger partial charge is 0.368 e. The molecule has 1 N–H and O–H groups in total. The van der Waals surface area contributed by atoms with Gasteiger partial charge in [0, 0.05) is 17.2 Å².